The zero-order chi connectivity index (χ0) is 17.6. The number of aryl methyl sites for hydroxylation is 1. The van der Waals surface area contributed by atoms with Gasteiger partial charge in [-0.3, -0.25) is 0 Å². The van der Waals surface area contributed by atoms with Gasteiger partial charge in [-0.05, 0) is 47.5 Å². The SMILES string of the molecule is Cc1nn(-c2cccc(Cl)c2)c2c1[C@@H](c1ccsc1)C(C#N)=C(N)O2. The molecule has 124 valence electrons. The molecule has 0 spiro atoms. The molecule has 1 aliphatic rings. The Bertz CT molecular complexity index is 1030. The van der Waals surface area contributed by atoms with Crippen molar-refractivity contribution < 1.29 is 4.74 Å². The molecule has 25 heavy (non-hydrogen) atoms. The van der Waals surface area contributed by atoms with Crippen LogP contribution in [0.1, 0.15) is 22.7 Å². The molecule has 1 atom stereocenters. The molecule has 3 heterocycles. The number of ether oxygens (including phenoxy) is 1. The number of nitrogens with two attached hydrogens (primary N) is 1. The Kier molecular flexibility index (Phi) is 3.75. The minimum Gasteiger partial charge on any atom is -0.422 e. The number of hydrogen-bond acceptors (Lipinski definition) is 5. The van der Waals surface area contributed by atoms with E-state index in [1.165, 1.54) is 0 Å². The minimum atomic E-state index is -0.284. The topological polar surface area (TPSA) is 76.9 Å². The molecule has 1 aliphatic heterocycles. The Morgan fingerprint density at radius 1 is 1.40 bits per heavy atom. The van der Waals surface area contributed by atoms with Gasteiger partial charge in [0.25, 0.3) is 0 Å². The molecule has 0 amide bonds. The molecule has 0 saturated heterocycles. The van der Waals surface area contributed by atoms with E-state index in [-0.39, 0.29) is 11.8 Å². The van der Waals surface area contributed by atoms with Crippen molar-refractivity contribution in [3.63, 3.8) is 0 Å². The molecule has 1 aromatic carbocycles. The van der Waals surface area contributed by atoms with E-state index in [4.69, 9.17) is 22.1 Å². The van der Waals surface area contributed by atoms with E-state index in [0.29, 0.717) is 16.5 Å². The van der Waals surface area contributed by atoms with Gasteiger partial charge in [0.15, 0.2) is 0 Å². The number of halogens is 1. The smallest absolute Gasteiger partial charge is 0.229 e. The standard InChI is InChI=1S/C18H13ClN4OS/c1-10-15-16(11-5-6-25-9-11)14(8-20)17(21)24-18(15)23(22-10)13-4-2-3-12(19)7-13/h2-7,9,16H,21H2,1H3/t16-/m0/s1. The van der Waals surface area contributed by atoms with Crippen molar-refractivity contribution in [2.24, 2.45) is 5.73 Å². The predicted molar refractivity (Wildman–Crippen MR) is 96.9 cm³/mol. The van der Waals surface area contributed by atoms with Gasteiger partial charge in [-0.2, -0.15) is 21.7 Å². The third-order valence-corrected chi connectivity index (χ3v) is 5.10. The van der Waals surface area contributed by atoms with Crippen LogP contribution in [0.4, 0.5) is 0 Å². The Labute approximate surface area is 153 Å². The predicted octanol–water partition coefficient (Wildman–Crippen LogP) is 4.11. The largest absolute Gasteiger partial charge is 0.422 e. The van der Waals surface area contributed by atoms with Gasteiger partial charge in [0, 0.05) is 5.02 Å². The van der Waals surface area contributed by atoms with Crippen LogP contribution in [0.5, 0.6) is 5.88 Å². The molecule has 2 N–H and O–H groups in total. The second kappa shape index (κ2) is 5.96. The van der Waals surface area contributed by atoms with Gasteiger partial charge in [0.2, 0.25) is 11.8 Å². The highest BCUT2D eigenvalue weighted by Gasteiger charge is 2.36. The molecule has 7 heteroatoms. The summed E-state index contributed by atoms with van der Waals surface area (Å²) in [4.78, 5) is 0. The van der Waals surface area contributed by atoms with Crippen molar-refractivity contribution in [3.8, 4) is 17.6 Å². The Hall–Kier alpha value is -2.75. The summed E-state index contributed by atoms with van der Waals surface area (Å²) in [6.07, 6.45) is 0. The second-order valence-electron chi connectivity index (χ2n) is 5.68. The van der Waals surface area contributed by atoms with E-state index in [9.17, 15) is 5.26 Å². The molecule has 0 saturated carbocycles. The summed E-state index contributed by atoms with van der Waals surface area (Å²) < 4.78 is 7.48. The number of benzene rings is 1. The van der Waals surface area contributed by atoms with Gasteiger partial charge >= 0.3 is 0 Å². The number of rotatable bonds is 2. The summed E-state index contributed by atoms with van der Waals surface area (Å²) in [6, 6.07) is 11.5. The first-order valence-electron chi connectivity index (χ1n) is 7.55. The van der Waals surface area contributed by atoms with Crippen molar-refractivity contribution >= 4 is 22.9 Å². The van der Waals surface area contributed by atoms with Gasteiger partial charge in [0.05, 0.1) is 22.9 Å². The highest BCUT2D eigenvalue weighted by Crippen LogP contribution is 2.45. The number of allylic oxidation sites excluding steroid dienone is 1. The number of nitriles is 1. The first-order valence-corrected chi connectivity index (χ1v) is 8.87. The number of fused-ring (bicyclic) bond motifs is 1. The fourth-order valence-electron chi connectivity index (χ4n) is 3.07. The lowest BCUT2D eigenvalue weighted by Crippen LogP contribution is -2.21. The summed E-state index contributed by atoms with van der Waals surface area (Å²) in [5, 5.41) is 18.8. The molecule has 0 fully saturated rings. The number of thiophene rings is 1. The molecule has 2 aromatic heterocycles. The highest BCUT2D eigenvalue weighted by atomic mass is 35.5. The van der Waals surface area contributed by atoms with Crippen LogP contribution in [0.25, 0.3) is 5.69 Å². The van der Waals surface area contributed by atoms with E-state index in [0.717, 1.165) is 22.5 Å². The fourth-order valence-corrected chi connectivity index (χ4v) is 3.94. The van der Waals surface area contributed by atoms with Crippen LogP contribution in [-0.2, 0) is 0 Å². The van der Waals surface area contributed by atoms with Crippen LogP contribution >= 0.6 is 22.9 Å². The molecule has 0 bridgehead atoms. The van der Waals surface area contributed by atoms with Crippen LogP contribution in [0.2, 0.25) is 5.02 Å². The van der Waals surface area contributed by atoms with Crippen LogP contribution in [0.3, 0.4) is 0 Å². The Balaban J connectivity index is 1.96. The summed E-state index contributed by atoms with van der Waals surface area (Å²) in [5.41, 5.74) is 9.87. The van der Waals surface area contributed by atoms with Crippen LogP contribution in [0.15, 0.2) is 52.5 Å². The van der Waals surface area contributed by atoms with E-state index in [2.05, 4.69) is 11.2 Å². The average molecular weight is 369 g/mol. The maximum Gasteiger partial charge on any atom is 0.229 e. The minimum absolute atomic E-state index is 0.106. The lowest BCUT2D eigenvalue weighted by atomic mass is 9.85. The van der Waals surface area contributed by atoms with Crippen LogP contribution in [0, 0.1) is 18.3 Å². The molecule has 4 rings (SSSR count). The normalized spacial score (nSPS) is 16.3. The monoisotopic (exact) mass is 368 g/mol. The average Bonchev–Trinajstić information content (AvgIpc) is 3.22. The quantitative estimate of drug-likeness (QED) is 0.738. The van der Waals surface area contributed by atoms with E-state index in [1.54, 1.807) is 28.2 Å². The molecule has 3 aromatic rings. The molecule has 0 unspecified atom stereocenters. The lowest BCUT2D eigenvalue weighted by Gasteiger charge is -2.24. The Morgan fingerprint density at radius 3 is 2.92 bits per heavy atom. The highest BCUT2D eigenvalue weighted by molar-refractivity contribution is 7.08. The van der Waals surface area contributed by atoms with E-state index in [1.807, 2.05) is 35.9 Å². The summed E-state index contributed by atoms with van der Waals surface area (Å²) in [5.74, 6) is 0.342. The molecule has 0 radical (unpaired) electrons. The first-order chi connectivity index (χ1) is 12.1. The van der Waals surface area contributed by atoms with Crippen molar-refractivity contribution in [1.29, 1.82) is 5.26 Å². The maximum atomic E-state index is 9.60. The van der Waals surface area contributed by atoms with Gasteiger partial charge in [-0.15, -0.1) is 0 Å². The van der Waals surface area contributed by atoms with Gasteiger partial charge in [-0.1, -0.05) is 17.7 Å². The van der Waals surface area contributed by atoms with Gasteiger partial charge in [-0.25, -0.2) is 4.68 Å². The summed E-state index contributed by atoms with van der Waals surface area (Å²) in [6.45, 7) is 1.90. The van der Waals surface area contributed by atoms with Crippen molar-refractivity contribution in [2.45, 2.75) is 12.8 Å². The second-order valence-corrected chi connectivity index (χ2v) is 6.89. The van der Waals surface area contributed by atoms with E-state index >= 15 is 0 Å². The third-order valence-electron chi connectivity index (χ3n) is 4.16. The Morgan fingerprint density at radius 2 is 2.24 bits per heavy atom. The summed E-state index contributed by atoms with van der Waals surface area (Å²) >= 11 is 7.69. The number of nitrogens with zero attached hydrogens (tertiary/aromatic N) is 3. The van der Waals surface area contributed by atoms with Crippen LogP contribution < -0.4 is 10.5 Å². The molecular formula is C18H13ClN4OS. The zero-order valence-corrected chi connectivity index (χ0v) is 14.8. The zero-order valence-electron chi connectivity index (χ0n) is 13.2. The van der Waals surface area contributed by atoms with Crippen molar-refractivity contribution in [2.75, 3.05) is 0 Å². The number of aromatic nitrogens is 2. The van der Waals surface area contributed by atoms with Gasteiger partial charge < -0.3 is 10.5 Å². The molecule has 0 aliphatic carbocycles. The maximum absolute atomic E-state index is 9.60. The third kappa shape index (κ3) is 2.49. The molecule has 5 nitrogen and oxygen atoms in total. The van der Waals surface area contributed by atoms with Gasteiger partial charge in [0.1, 0.15) is 11.6 Å². The van der Waals surface area contributed by atoms with Crippen molar-refractivity contribution in [3.05, 3.63) is 74.4 Å². The molecular weight excluding hydrogens is 356 g/mol. The van der Waals surface area contributed by atoms with E-state index < -0.39 is 0 Å². The number of hydrogen-bond donors (Lipinski definition) is 1. The summed E-state index contributed by atoms with van der Waals surface area (Å²) in [7, 11) is 0. The lowest BCUT2D eigenvalue weighted by molar-refractivity contribution is 0.367. The van der Waals surface area contributed by atoms with Crippen molar-refractivity contribution in [1.82, 2.24) is 9.78 Å². The van der Waals surface area contributed by atoms with Crippen LogP contribution in [-0.4, -0.2) is 9.78 Å². The first kappa shape index (κ1) is 15.8. The fraction of sp³-hybridized carbons (Fsp3) is 0.111.